The molecule has 1 aromatic rings. The van der Waals surface area contributed by atoms with Gasteiger partial charge in [0.2, 0.25) is 0 Å². The minimum absolute atomic E-state index is 0.917. The van der Waals surface area contributed by atoms with Crippen LogP contribution >= 0.6 is 0 Å². The molecule has 0 unspecified atom stereocenters. The molecule has 0 aliphatic carbocycles. The van der Waals surface area contributed by atoms with Crippen LogP contribution in [-0.4, -0.2) is 17.8 Å². The van der Waals surface area contributed by atoms with Crippen LogP contribution in [-0.2, 0) is 13.0 Å². The summed E-state index contributed by atoms with van der Waals surface area (Å²) in [4.78, 5) is 0. The summed E-state index contributed by atoms with van der Waals surface area (Å²) in [6.45, 7) is 5.53. The van der Waals surface area contributed by atoms with Gasteiger partial charge in [-0.15, -0.1) is 0 Å². The van der Waals surface area contributed by atoms with E-state index < -0.39 is 0 Å². The fraction of sp³-hybridized carbons (Fsp3) is 0.250. The Morgan fingerprint density at radius 1 is 1.29 bits per heavy atom. The van der Waals surface area contributed by atoms with Gasteiger partial charge in [0.1, 0.15) is 0 Å². The highest BCUT2D eigenvalue weighted by atomic mass is 15.4. The molecule has 0 atom stereocenters. The van der Waals surface area contributed by atoms with Crippen molar-refractivity contribution in [2.45, 2.75) is 13.0 Å². The van der Waals surface area contributed by atoms with Gasteiger partial charge in [0.15, 0.2) is 0 Å². The predicted octanol–water partition coefficient (Wildman–Crippen LogP) is 2.22. The minimum atomic E-state index is 0.917. The minimum Gasteiger partial charge on any atom is -0.292 e. The Hall–Kier alpha value is -1.57. The van der Waals surface area contributed by atoms with Gasteiger partial charge in [-0.05, 0) is 23.6 Å². The number of rotatable bonds is 2. The van der Waals surface area contributed by atoms with Gasteiger partial charge in [-0.2, -0.15) is 5.10 Å². The van der Waals surface area contributed by atoms with Crippen molar-refractivity contribution in [1.29, 1.82) is 0 Å². The fourth-order valence-electron chi connectivity index (χ4n) is 1.72. The van der Waals surface area contributed by atoms with E-state index in [-0.39, 0.29) is 0 Å². The fourth-order valence-corrected chi connectivity index (χ4v) is 1.72. The molecular formula is C12H14N2. The molecule has 72 valence electrons. The van der Waals surface area contributed by atoms with Gasteiger partial charge < -0.3 is 0 Å². The Labute approximate surface area is 84.6 Å². The lowest BCUT2D eigenvalue weighted by Crippen LogP contribution is -2.25. The van der Waals surface area contributed by atoms with Crippen LogP contribution in [0.1, 0.15) is 11.1 Å². The van der Waals surface area contributed by atoms with Gasteiger partial charge >= 0.3 is 0 Å². The molecule has 1 heterocycles. The topological polar surface area (TPSA) is 15.6 Å². The molecule has 0 amide bonds. The van der Waals surface area contributed by atoms with Crippen molar-refractivity contribution in [1.82, 2.24) is 5.01 Å². The van der Waals surface area contributed by atoms with Crippen molar-refractivity contribution < 1.29 is 0 Å². The quantitative estimate of drug-likeness (QED) is 0.647. The van der Waals surface area contributed by atoms with Gasteiger partial charge in [0.25, 0.3) is 0 Å². The molecule has 0 N–H and O–H groups in total. The van der Waals surface area contributed by atoms with Gasteiger partial charge in [-0.1, -0.05) is 30.8 Å². The van der Waals surface area contributed by atoms with Crippen LogP contribution < -0.4 is 0 Å². The standard InChI is InChI=1S/C12H14N2/c1-2-8-13-14-9-7-11-5-3-4-6-12(11)10-14/h2-6,8H,1,7,9-10H2/b13-8+. The monoisotopic (exact) mass is 186 g/mol. The van der Waals surface area contributed by atoms with Crippen LogP contribution in [0.2, 0.25) is 0 Å². The summed E-state index contributed by atoms with van der Waals surface area (Å²) < 4.78 is 0. The van der Waals surface area contributed by atoms with E-state index in [4.69, 9.17) is 0 Å². The van der Waals surface area contributed by atoms with Crippen molar-refractivity contribution in [2.75, 3.05) is 6.54 Å². The molecule has 2 rings (SSSR count). The highest BCUT2D eigenvalue weighted by molar-refractivity contribution is 5.69. The lowest BCUT2D eigenvalue weighted by molar-refractivity contribution is 0.269. The summed E-state index contributed by atoms with van der Waals surface area (Å²) in [6, 6.07) is 8.55. The summed E-state index contributed by atoms with van der Waals surface area (Å²) in [5.41, 5.74) is 2.84. The first-order chi connectivity index (χ1) is 6.90. The Kier molecular flexibility index (Phi) is 2.63. The highest BCUT2D eigenvalue weighted by Crippen LogP contribution is 2.17. The first kappa shape index (κ1) is 9.00. The molecule has 1 aliphatic heterocycles. The van der Waals surface area contributed by atoms with Crippen molar-refractivity contribution in [3.63, 3.8) is 0 Å². The smallest absolute Gasteiger partial charge is 0.0613 e. The van der Waals surface area contributed by atoms with Crippen LogP contribution in [0.4, 0.5) is 0 Å². The second-order valence-electron chi connectivity index (χ2n) is 3.41. The number of benzene rings is 1. The third kappa shape index (κ3) is 1.84. The first-order valence-electron chi connectivity index (χ1n) is 4.87. The Balaban J connectivity index is 2.13. The predicted molar refractivity (Wildman–Crippen MR) is 59.2 cm³/mol. The van der Waals surface area contributed by atoms with Crippen LogP contribution in [0.3, 0.4) is 0 Å². The molecule has 0 fully saturated rings. The average molecular weight is 186 g/mol. The molecule has 0 saturated heterocycles. The molecule has 0 radical (unpaired) electrons. The molecular weight excluding hydrogens is 172 g/mol. The maximum Gasteiger partial charge on any atom is 0.0613 e. The first-order valence-corrected chi connectivity index (χ1v) is 4.87. The lowest BCUT2D eigenvalue weighted by Gasteiger charge is -2.25. The maximum absolute atomic E-state index is 4.29. The Morgan fingerprint density at radius 2 is 2.07 bits per heavy atom. The number of fused-ring (bicyclic) bond motifs is 1. The zero-order valence-electron chi connectivity index (χ0n) is 8.19. The van der Waals surface area contributed by atoms with Crippen LogP contribution in [0.25, 0.3) is 0 Å². The molecule has 0 spiro atoms. The molecule has 1 aromatic carbocycles. The summed E-state index contributed by atoms with van der Waals surface area (Å²) >= 11 is 0. The van der Waals surface area contributed by atoms with Crippen molar-refractivity contribution >= 4 is 6.21 Å². The lowest BCUT2D eigenvalue weighted by atomic mass is 10.0. The third-order valence-electron chi connectivity index (χ3n) is 2.45. The number of allylic oxidation sites excluding steroid dienone is 1. The second-order valence-corrected chi connectivity index (χ2v) is 3.41. The maximum atomic E-state index is 4.29. The van der Waals surface area contributed by atoms with Crippen molar-refractivity contribution in [3.05, 3.63) is 48.0 Å². The molecule has 1 aliphatic rings. The summed E-state index contributed by atoms with van der Waals surface area (Å²) in [5, 5.41) is 6.36. The van der Waals surface area contributed by atoms with E-state index in [1.54, 1.807) is 12.3 Å². The van der Waals surface area contributed by atoms with E-state index in [0.717, 1.165) is 19.5 Å². The Morgan fingerprint density at radius 3 is 2.86 bits per heavy atom. The Bertz CT molecular complexity index is 355. The van der Waals surface area contributed by atoms with Gasteiger partial charge in [-0.25, -0.2) is 0 Å². The molecule has 2 nitrogen and oxygen atoms in total. The zero-order chi connectivity index (χ0) is 9.80. The van der Waals surface area contributed by atoms with E-state index in [0.29, 0.717) is 0 Å². The largest absolute Gasteiger partial charge is 0.292 e. The summed E-state index contributed by atoms with van der Waals surface area (Å²) in [6.07, 6.45) is 4.54. The van der Waals surface area contributed by atoms with E-state index >= 15 is 0 Å². The van der Waals surface area contributed by atoms with Gasteiger partial charge in [0.05, 0.1) is 6.54 Å². The highest BCUT2D eigenvalue weighted by Gasteiger charge is 2.12. The van der Waals surface area contributed by atoms with Crippen LogP contribution in [0.15, 0.2) is 42.0 Å². The molecule has 0 saturated carbocycles. The summed E-state index contributed by atoms with van der Waals surface area (Å²) in [5.74, 6) is 0. The molecule has 2 heteroatoms. The third-order valence-corrected chi connectivity index (χ3v) is 2.45. The number of hydrogen-bond donors (Lipinski definition) is 0. The zero-order valence-corrected chi connectivity index (χ0v) is 8.19. The number of hydrogen-bond acceptors (Lipinski definition) is 2. The van der Waals surface area contributed by atoms with E-state index in [2.05, 4.69) is 41.0 Å². The molecule has 14 heavy (non-hydrogen) atoms. The van der Waals surface area contributed by atoms with Crippen LogP contribution in [0, 0.1) is 0 Å². The molecule has 0 aromatic heterocycles. The van der Waals surface area contributed by atoms with E-state index in [1.807, 2.05) is 0 Å². The average Bonchev–Trinajstić information content (AvgIpc) is 2.26. The normalized spacial score (nSPS) is 15.6. The van der Waals surface area contributed by atoms with E-state index in [9.17, 15) is 0 Å². The van der Waals surface area contributed by atoms with Crippen LogP contribution in [0.5, 0.6) is 0 Å². The second kappa shape index (κ2) is 4.09. The SMILES string of the molecule is C=C/C=N/N1CCc2ccccc2C1. The number of nitrogens with zero attached hydrogens (tertiary/aromatic N) is 2. The van der Waals surface area contributed by atoms with Gasteiger partial charge in [0, 0.05) is 12.8 Å². The van der Waals surface area contributed by atoms with E-state index in [1.165, 1.54) is 11.1 Å². The van der Waals surface area contributed by atoms with Gasteiger partial charge in [-0.3, -0.25) is 5.01 Å². The van der Waals surface area contributed by atoms with Crippen molar-refractivity contribution in [3.8, 4) is 0 Å². The number of hydrazone groups is 1. The van der Waals surface area contributed by atoms with Crippen molar-refractivity contribution in [2.24, 2.45) is 5.10 Å². The molecule has 0 bridgehead atoms. The summed E-state index contributed by atoms with van der Waals surface area (Å²) in [7, 11) is 0.